The maximum absolute atomic E-state index is 12.7. The first kappa shape index (κ1) is 19.8. The van der Waals surface area contributed by atoms with Gasteiger partial charge in [-0.3, -0.25) is 4.79 Å². The highest BCUT2D eigenvalue weighted by Crippen LogP contribution is 2.22. The average molecular weight is 341 g/mol. The number of halogens is 1. The fourth-order valence-corrected chi connectivity index (χ4v) is 2.95. The zero-order valence-corrected chi connectivity index (χ0v) is 14.8. The first-order valence-electron chi connectivity index (χ1n) is 8.50. The van der Waals surface area contributed by atoms with Gasteiger partial charge in [-0.25, -0.2) is 0 Å². The van der Waals surface area contributed by atoms with Crippen LogP contribution in [0, 0.1) is 0 Å². The van der Waals surface area contributed by atoms with Crippen molar-refractivity contribution in [1.29, 1.82) is 0 Å². The van der Waals surface area contributed by atoms with Gasteiger partial charge in [0.15, 0.2) is 0 Å². The molecule has 1 amide bonds. The van der Waals surface area contributed by atoms with E-state index in [1.807, 2.05) is 29.2 Å². The van der Waals surface area contributed by atoms with Gasteiger partial charge in [0.2, 0.25) is 0 Å². The number of carbonyl (C=O) groups is 1. The molecule has 1 aromatic rings. The van der Waals surface area contributed by atoms with E-state index >= 15 is 0 Å². The molecule has 1 aliphatic rings. The Balaban J connectivity index is 0.00000264. The van der Waals surface area contributed by atoms with Crippen LogP contribution in [0.1, 0.15) is 55.8 Å². The summed E-state index contributed by atoms with van der Waals surface area (Å²) < 4.78 is 5.64. The second-order valence-electron chi connectivity index (χ2n) is 5.95. The first-order valence-corrected chi connectivity index (χ1v) is 8.50. The summed E-state index contributed by atoms with van der Waals surface area (Å²) in [6, 6.07) is 7.83. The Labute approximate surface area is 145 Å². The maximum atomic E-state index is 12.7. The van der Waals surface area contributed by atoms with Crippen molar-refractivity contribution in [3.63, 3.8) is 0 Å². The number of hydrogen-bond acceptors (Lipinski definition) is 3. The van der Waals surface area contributed by atoms with E-state index in [1.54, 1.807) is 0 Å². The summed E-state index contributed by atoms with van der Waals surface area (Å²) in [7, 11) is 0. The molecule has 1 aromatic carbocycles. The molecule has 0 aliphatic carbocycles. The van der Waals surface area contributed by atoms with Crippen molar-refractivity contribution < 1.29 is 9.53 Å². The van der Waals surface area contributed by atoms with Crippen LogP contribution in [0.4, 0.5) is 0 Å². The number of benzene rings is 1. The third-order valence-corrected chi connectivity index (χ3v) is 4.26. The Morgan fingerprint density at radius 3 is 2.70 bits per heavy atom. The lowest BCUT2D eigenvalue weighted by Gasteiger charge is -2.35. The van der Waals surface area contributed by atoms with Gasteiger partial charge in [0, 0.05) is 18.2 Å². The third kappa shape index (κ3) is 5.70. The van der Waals surface area contributed by atoms with E-state index in [1.165, 1.54) is 6.42 Å². The van der Waals surface area contributed by atoms with Crippen LogP contribution >= 0.6 is 12.4 Å². The zero-order chi connectivity index (χ0) is 15.8. The Kier molecular flexibility index (Phi) is 9.03. The minimum atomic E-state index is 0. The van der Waals surface area contributed by atoms with E-state index in [0.29, 0.717) is 12.6 Å². The molecule has 2 N–H and O–H groups in total. The molecule has 1 fully saturated rings. The molecule has 0 spiro atoms. The van der Waals surface area contributed by atoms with Crippen molar-refractivity contribution >= 4 is 18.3 Å². The van der Waals surface area contributed by atoms with Crippen LogP contribution in [0.2, 0.25) is 0 Å². The largest absolute Gasteiger partial charge is 0.494 e. The summed E-state index contributed by atoms with van der Waals surface area (Å²) in [4.78, 5) is 14.7. The molecular formula is C18H29ClN2O2. The number of carbonyl (C=O) groups excluding carboxylic acids is 1. The minimum Gasteiger partial charge on any atom is -0.494 e. The summed E-state index contributed by atoms with van der Waals surface area (Å²) in [5.41, 5.74) is 6.43. The van der Waals surface area contributed by atoms with E-state index in [2.05, 4.69) is 6.92 Å². The number of likely N-dealkylation sites (tertiary alicyclic amines) is 1. The Bertz CT molecular complexity index is 463. The molecule has 130 valence electrons. The topological polar surface area (TPSA) is 55.6 Å². The van der Waals surface area contributed by atoms with Gasteiger partial charge in [0.1, 0.15) is 5.75 Å². The lowest BCUT2D eigenvalue weighted by Crippen LogP contribution is -2.44. The lowest BCUT2D eigenvalue weighted by atomic mass is 9.98. The molecule has 0 radical (unpaired) electrons. The first-order chi connectivity index (χ1) is 10.8. The van der Waals surface area contributed by atoms with Crippen LogP contribution < -0.4 is 10.5 Å². The normalized spacial score (nSPS) is 17.5. The van der Waals surface area contributed by atoms with Gasteiger partial charge >= 0.3 is 0 Å². The average Bonchev–Trinajstić information content (AvgIpc) is 2.56. The summed E-state index contributed by atoms with van der Waals surface area (Å²) in [5.74, 6) is 0.959. The fraction of sp³-hybridized carbons (Fsp3) is 0.611. The van der Waals surface area contributed by atoms with Crippen molar-refractivity contribution in [2.24, 2.45) is 5.73 Å². The molecule has 4 nitrogen and oxygen atoms in total. The fourth-order valence-electron chi connectivity index (χ4n) is 2.95. The van der Waals surface area contributed by atoms with Crippen molar-refractivity contribution in [1.82, 2.24) is 4.90 Å². The van der Waals surface area contributed by atoms with Gasteiger partial charge in [-0.05, 0) is 62.9 Å². The van der Waals surface area contributed by atoms with Crippen molar-refractivity contribution in [3.8, 4) is 5.75 Å². The second kappa shape index (κ2) is 10.5. The molecule has 0 aromatic heterocycles. The minimum absolute atomic E-state index is 0. The van der Waals surface area contributed by atoms with Crippen molar-refractivity contribution in [2.75, 3.05) is 19.7 Å². The number of nitrogens with two attached hydrogens (primary N) is 1. The Morgan fingerprint density at radius 1 is 1.30 bits per heavy atom. The predicted molar refractivity (Wildman–Crippen MR) is 96.4 cm³/mol. The number of unbranched alkanes of at least 4 members (excludes halogenated alkanes) is 1. The quantitative estimate of drug-likeness (QED) is 0.771. The van der Waals surface area contributed by atoms with Crippen LogP contribution in [0.25, 0.3) is 0 Å². The van der Waals surface area contributed by atoms with Crippen LogP contribution in [-0.4, -0.2) is 36.5 Å². The molecule has 1 unspecified atom stereocenters. The van der Waals surface area contributed by atoms with Gasteiger partial charge in [-0.2, -0.15) is 0 Å². The Morgan fingerprint density at radius 2 is 2.04 bits per heavy atom. The molecule has 1 atom stereocenters. The van der Waals surface area contributed by atoms with Gasteiger partial charge in [-0.1, -0.05) is 13.3 Å². The van der Waals surface area contributed by atoms with Gasteiger partial charge < -0.3 is 15.4 Å². The third-order valence-electron chi connectivity index (χ3n) is 4.26. The summed E-state index contributed by atoms with van der Waals surface area (Å²) >= 11 is 0. The van der Waals surface area contributed by atoms with E-state index in [0.717, 1.165) is 56.6 Å². The monoisotopic (exact) mass is 340 g/mol. The highest BCUT2D eigenvalue weighted by Gasteiger charge is 2.26. The maximum Gasteiger partial charge on any atom is 0.254 e. The number of nitrogens with zero attached hydrogens (tertiary/aromatic N) is 1. The summed E-state index contributed by atoms with van der Waals surface area (Å²) in [6.07, 6.45) is 6.41. The molecule has 5 heteroatoms. The number of piperidine rings is 1. The van der Waals surface area contributed by atoms with Gasteiger partial charge in [0.25, 0.3) is 5.91 Å². The van der Waals surface area contributed by atoms with Crippen LogP contribution in [0.15, 0.2) is 24.3 Å². The van der Waals surface area contributed by atoms with Crippen molar-refractivity contribution in [3.05, 3.63) is 29.8 Å². The molecule has 23 heavy (non-hydrogen) atoms. The zero-order valence-electron chi connectivity index (χ0n) is 14.0. The lowest BCUT2D eigenvalue weighted by molar-refractivity contribution is 0.0605. The van der Waals surface area contributed by atoms with Gasteiger partial charge in [-0.15, -0.1) is 12.4 Å². The van der Waals surface area contributed by atoms with Gasteiger partial charge in [0.05, 0.1) is 6.61 Å². The molecule has 2 rings (SSSR count). The molecule has 1 saturated heterocycles. The molecule has 1 heterocycles. The highest BCUT2D eigenvalue weighted by atomic mass is 35.5. The summed E-state index contributed by atoms with van der Waals surface area (Å²) in [6.45, 7) is 4.35. The SMILES string of the molecule is CCCCOc1ccc(C(=O)N2CCCCC2CCN)cc1.Cl. The van der Waals surface area contributed by atoms with E-state index in [9.17, 15) is 4.79 Å². The smallest absolute Gasteiger partial charge is 0.254 e. The summed E-state index contributed by atoms with van der Waals surface area (Å²) in [5, 5.41) is 0. The predicted octanol–water partition coefficient (Wildman–Crippen LogP) is 3.63. The van der Waals surface area contributed by atoms with Crippen molar-refractivity contribution in [2.45, 2.75) is 51.5 Å². The number of amides is 1. The standard InChI is InChI=1S/C18H28N2O2.ClH/c1-2-3-14-22-17-9-7-15(8-10-17)18(21)20-13-5-4-6-16(20)11-12-19;/h7-10,16H,2-6,11-14,19H2,1H3;1H. The number of hydrogen-bond donors (Lipinski definition) is 1. The molecule has 1 aliphatic heterocycles. The number of rotatable bonds is 7. The second-order valence-corrected chi connectivity index (χ2v) is 5.95. The number of ether oxygens (including phenoxy) is 1. The molecule has 0 bridgehead atoms. The van der Waals surface area contributed by atoms with E-state index < -0.39 is 0 Å². The molecule has 0 saturated carbocycles. The van der Waals surface area contributed by atoms with Crippen LogP contribution in [0.3, 0.4) is 0 Å². The van der Waals surface area contributed by atoms with Crippen LogP contribution in [-0.2, 0) is 0 Å². The molecular weight excluding hydrogens is 312 g/mol. The highest BCUT2D eigenvalue weighted by molar-refractivity contribution is 5.94. The van der Waals surface area contributed by atoms with E-state index in [-0.39, 0.29) is 18.3 Å². The van der Waals surface area contributed by atoms with Crippen LogP contribution in [0.5, 0.6) is 5.75 Å². The Hall–Kier alpha value is -1.26. The van der Waals surface area contributed by atoms with E-state index in [4.69, 9.17) is 10.5 Å².